The van der Waals surface area contributed by atoms with E-state index in [2.05, 4.69) is 0 Å². The number of hydrogen-bond acceptors (Lipinski definition) is 1. The summed E-state index contributed by atoms with van der Waals surface area (Å²) < 4.78 is 5.11. The maximum atomic E-state index is 5.11. The van der Waals surface area contributed by atoms with Gasteiger partial charge in [-0.25, -0.2) is 0 Å². The van der Waals surface area contributed by atoms with Crippen LogP contribution in [0.1, 0.15) is 0 Å². The fraction of sp³-hybridized carbons (Fsp3) is 0. The molecule has 0 bridgehead atoms. The SMILES string of the molecule is [Hg][O]c1ccccc1. The molecule has 0 aliphatic heterocycles. The van der Waals surface area contributed by atoms with Gasteiger partial charge in [0.15, 0.2) is 0 Å². The van der Waals surface area contributed by atoms with Crippen LogP contribution in [0.2, 0.25) is 0 Å². The van der Waals surface area contributed by atoms with Crippen molar-refractivity contribution in [2.75, 3.05) is 0 Å². The van der Waals surface area contributed by atoms with E-state index >= 15 is 0 Å². The van der Waals surface area contributed by atoms with Crippen LogP contribution in [0, 0.1) is 0 Å². The van der Waals surface area contributed by atoms with Gasteiger partial charge in [-0.2, -0.15) is 0 Å². The average molecular weight is 294 g/mol. The third-order valence-electron chi connectivity index (χ3n) is 0.910. The zero-order valence-electron chi connectivity index (χ0n) is 4.50. The van der Waals surface area contributed by atoms with Gasteiger partial charge in [-0.15, -0.1) is 0 Å². The van der Waals surface area contributed by atoms with Crippen LogP contribution in [0.3, 0.4) is 0 Å². The van der Waals surface area contributed by atoms with Crippen LogP contribution in [0.15, 0.2) is 30.3 Å². The number of rotatable bonds is 1. The van der Waals surface area contributed by atoms with Gasteiger partial charge in [0, 0.05) is 0 Å². The third-order valence-corrected chi connectivity index (χ3v) is 2.21. The Kier molecular flexibility index (Phi) is 2.34. The van der Waals surface area contributed by atoms with Crippen molar-refractivity contribution < 1.29 is 29.2 Å². The van der Waals surface area contributed by atoms with Gasteiger partial charge in [-0.05, 0) is 0 Å². The summed E-state index contributed by atoms with van der Waals surface area (Å²) in [5.41, 5.74) is 0. The Balaban J connectivity index is 2.83. The van der Waals surface area contributed by atoms with Crippen LogP contribution in [0.5, 0.6) is 5.75 Å². The summed E-state index contributed by atoms with van der Waals surface area (Å²) >= 11 is 0.422. The second-order valence-electron chi connectivity index (χ2n) is 1.46. The number of benzene rings is 1. The summed E-state index contributed by atoms with van der Waals surface area (Å²) in [7, 11) is 0. The molecule has 0 radical (unpaired) electrons. The molecule has 1 nitrogen and oxygen atoms in total. The Labute approximate surface area is 65.3 Å². The van der Waals surface area contributed by atoms with Gasteiger partial charge in [0.1, 0.15) is 0 Å². The topological polar surface area (TPSA) is 9.23 Å². The van der Waals surface area contributed by atoms with Crippen LogP contribution in [0.4, 0.5) is 0 Å². The molecule has 0 fully saturated rings. The summed E-state index contributed by atoms with van der Waals surface area (Å²) in [5, 5.41) is 0. The molecule has 0 heterocycles. The first kappa shape index (κ1) is 6.08. The zero-order valence-corrected chi connectivity index (χ0v) is 10.00. The van der Waals surface area contributed by atoms with Gasteiger partial charge in [-0.3, -0.25) is 0 Å². The molecule has 0 aliphatic rings. The Bertz CT molecular complexity index is 150. The van der Waals surface area contributed by atoms with E-state index in [4.69, 9.17) is 2.64 Å². The van der Waals surface area contributed by atoms with Crippen molar-refractivity contribution >= 4 is 0 Å². The van der Waals surface area contributed by atoms with Crippen molar-refractivity contribution in [1.29, 1.82) is 0 Å². The van der Waals surface area contributed by atoms with E-state index in [-0.39, 0.29) is 0 Å². The van der Waals surface area contributed by atoms with Gasteiger partial charge in [0.2, 0.25) is 0 Å². The first-order valence-corrected chi connectivity index (χ1v) is 4.65. The quantitative estimate of drug-likeness (QED) is 0.714. The van der Waals surface area contributed by atoms with Crippen LogP contribution in [-0.4, -0.2) is 0 Å². The summed E-state index contributed by atoms with van der Waals surface area (Å²) in [5.74, 6) is 0.996. The van der Waals surface area contributed by atoms with Gasteiger partial charge in [0.05, 0.1) is 0 Å². The molecule has 37 valence electrons. The Morgan fingerprint density at radius 1 is 1.12 bits per heavy atom. The first-order chi connectivity index (χ1) is 3.93. The maximum absolute atomic E-state index is 5.11. The molecule has 0 amide bonds. The number of hydrogen-bond donors (Lipinski definition) is 0. The van der Waals surface area contributed by atoms with Gasteiger partial charge in [-0.1, -0.05) is 0 Å². The van der Waals surface area contributed by atoms with Crippen LogP contribution in [0.25, 0.3) is 0 Å². The van der Waals surface area contributed by atoms with Gasteiger partial charge >= 0.3 is 65.3 Å². The van der Waals surface area contributed by atoms with E-state index in [9.17, 15) is 0 Å². The molecule has 0 aliphatic carbocycles. The van der Waals surface area contributed by atoms with E-state index in [0.717, 1.165) is 5.75 Å². The number of para-hydroxylation sites is 1. The first-order valence-electron chi connectivity index (χ1n) is 2.40. The molecule has 1 aromatic carbocycles. The van der Waals surface area contributed by atoms with Crippen molar-refractivity contribution in [2.45, 2.75) is 0 Å². The van der Waals surface area contributed by atoms with Crippen molar-refractivity contribution in [3.63, 3.8) is 0 Å². The van der Waals surface area contributed by atoms with Crippen molar-refractivity contribution in [3.8, 4) is 5.75 Å². The molecule has 0 aromatic heterocycles. The standard InChI is InChI=1S/C6H6O.Hg/c7-6-4-2-1-3-5-6;/h1-5,7H;/q;+1/p-1. The van der Waals surface area contributed by atoms with Crippen LogP contribution < -0.4 is 2.64 Å². The third kappa shape index (κ3) is 1.48. The van der Waals surface area contributed by atoms with E-state index in [1.165, 1.54) is 0 Å². The minimum atomic E-state index is 0.422. The van der Waals surface area contributed by atoms with Gasteiger partial charge < -0.3 is 0 Å². The summed E-state index contributed by atoms with van der Waals surface area (Å²) in [6, 6.07) is 9.86. The summed E-state index contributed by atoms with van der Waals surface area (Å²) in [4.78, 5) is 0. The Morgan fingerprint density at radius 3 is 2.12 bits per heavy atom. The fourth-order valence-corrected chi connectivity index (χ4v) is 1.26. The van der Waals surface area contributed by atoms with Crippen LogP contribution in [-0.2, 0) is 26.6 Å². The summed E-state index contributed by atoms with van der Waals surface area (Å²) in [6.45, 7) is 0. The fourth-order valence-electron chi connectivity index (χ4n) is 0.517. The molecule has 2 heteroatoms. The molecule has 0 unspecified atom stereocenters. The Morgan fingerprint density at radius 2 is 1.75 bits per heavy atom. The van der Waals surface area contributed by atoms with Crippen molar-refractivity contribution in [3.05, 3.63) is 30.3 Å². The molecule has 1 rings (SSSR count). The predicted molar refractivity (Wildman–Crippen MR) is 27.1 cm³/mol. The molecule has 1 aromatic rings. The monoisotopic (exact) mass is 295 g/mol. The van der Waals surface area contributed by atoms with Crippen molar-refractivity contribution in [2.24, 2.45) is 0 Å². The summed E-state index contributed by atoms with van der Waals surface area (Å²) in [6.07, 6.45) is 0. The van der Waals surface area contributed by atoms with Crippen molar-refractivity contribution in [1.82, 2.24) is 0 Å². The molecule has 0 N–H and O–H groups in total. The van der Waals surface area contributed by atoms with E-state index in [1.54, 1.807) is 0 Å². The molecule has 8 heavy (non-hydrogen) atoms. The second-order valence-corrected chi connectivity index (χ2v) is 2.58. The molecular formula is C6H5HgO. The molecule has 0 spiro atoms. The average Bonchev–Trinajstić information content (AvgIpc) is 1.90. The molecule has 0 atom stereocenters. The zero-order chi connectivity index (χ0) is 5.82. The van der Waals surface area contributed by atoms with E-state index < -0.39 is 0 Å². The normalized spacial score (nSPS) is 8.75. The predicted octanol–water partition coefficient (Wildman–Crippen LogP) is 1.53. The van der Waals surface area contributed by atoms with Crippen LogP contribution >= 0.6 is 0 Å². The minimum absolute atomic E-state index is 0.422. The van der Waals surface area contributed by atoms with Gasteiger partial charge in [0.25, 0.3) is 0 Å². The second kappa shape index (κ2) is 3.08. The molecule has 0 saturated carbocycles. The molecule has 0 saturated heterocycles. The Hall–Kier alpha value is -0.0449. The van der Waals surface area contributed by atoms with E-state index in [0.29, 0.717) is 26.6 Å². The van der Waals surface area contributed by atoms with E-state index in [1.807, 2.05) is 30.3 Å². The molecular weight excluding hydrogens is 289 g/mol.